The summed E-state index contributed by atoms with van der Waals surface area (Å²) in [6.45, 7) is 0. The molecule has 0 aliphatic rings. The summed E-state index contributed by atoms with van der Waals surface area (Å²) in [7, 11) is 0. The predicted molar refractivity (Wildman–Crippen MR) is 50.7 cm³/mol. The number of carboxylic acids is 1. The molecule has 0 atom stereocenters. The summed E-state index contributed by atoms with van der Waals surface area (Å²) < 4.78 is 0. The Bertz CT molecular complexity index is 399. The standard InChI is InChI=1S/C9H8N2O3/c10-8-7(9(13)14)4-6(5-11-8)2-1-3-12/h1-5H,(H2,10,11)(H,13,14). The van der Waals surface area contributed by atoms with E-state index >= 15 is 0 Å². The topological polar surface area (TPSA) is 93.3 Å². The Labute approximate surface area is 79.9 Å². The molecule has 1 rings (SSSR count). The Balaban J connectivity index is 3.12. The second kappa shape index (κ2) is 4.18. The maximum atomic E-state index is 10.6. The van der Waals surface area contributed by atoms with Gasteiger partial charge in [0, 0.05) is 6.20 Å². The van der Waals surface area contributed by atoms with Crippen LogP contribution in [0.4, 0.5) is 5.82 Å². The van der Waals surface area contributed by atoms with Crippen LogP contribution in [0.3, 0.4) is 0 Å². The zero-order chi connectivity index (χ0) is 10.6. The molecule has 0 aliphatic carbocycles. The minimum absolute atomic E-state index is 0.0410. The molecule has 1 aromatic rings. The van der Waals surface area contributed by atoms with E-state index in [-0.39, 0.29) is 11.4 Å². The fourth-order valence-corrected chi connectivity index (χ4v) is 0.904. The molecule has 0 unspecified atom stereocenters. The lowest BCUT2D eigenvalue weighted by atomic mass is 10.2. The highest BCUT2D eigenvalue weighted by molar-refractivity contribution is 5.93. The SMILES string of the molecule is Nc1ncc(C=CC=O)cc1C(=O)O. The second-order valence-corrected chi connectivity index (χ2v) is 2.50. The highest BCUT2D eigenvalue weighted by atomic mass is 16.4. The number of aldehydes is 1. The van der Waals surface area contributed by atoms with E-state index in [1.54, 1.807) is 0 Å². The molecule has 72 valence electrons. The van der Waals surface area contributed by atoms with E-state index in [9.17, 15) is 9.59 Å². The van der Waals surface area contributed by atoms with Crippen molar-refractivity contribution < 1.29 is 14.7 Å². The van der Waals surface area contributed by atoms with E-state index < -0.39 is 5.97 Å². The number of nitrogens with zero attached hydrogens (tertiary/aromatic N) is 1. The first-order chi connectivity index (χ1) is 6.65. The Hall–Kier alpha value is -2.17. The summed E-state index contributed by atoms with van der Waals surface area (Å²) in [5.41, 5.74) is 5.78. The molecule has 5 heteroatoms. The Kier molecular flexibility index (Phi) is 2.96. The normalized spacial score (nSPS) is 10.3. The number of hydrogen-bond donors (Lipinski definition) is 2. The fourth-order valence-electron chi connectivity index (χ4n) is 0.904. The van der Waals surface area contributed by atoms with Crippen LogP contribution in [0.5, 0.6) is 0 Å². The lowest BCUT2D eigenvalue weighted by molar-refractivity contribution is -0.104. The van der Waals surface area contributed by atoms with Crippen molar-refractivity contribution in [2.24, 2.45) is 0 Å². The molecule has 3 N–H and O–H groups in total. The third-order valence-electron chi connectivity index (χ3n) is 1.54. The largest absolute Gasteiger partial charge is 0.478 e. The molecular formula is C9H8N2O3. The minimum atomic E-state index is -1.14. The Morgan fingerprint density at radius 3 is 2.86 bits per heavy atom. The highest BCUT2D eigenvalue weighted by Gasteiger charge is 2.08. The second-order valence-electron chi connectivity index (χ2n) is 2.50. The van der Waals surface area contributed by atoms with Crippen LogP contribution in [0.2, 0.25) is 0 Å². The van der Waals surface area contributed by atoms with Gasteiger partial charge in [0.1, 0.15) is 17.7 Å². The molecule has 1 aromatic heterocycles. The summed E-state index contributed by atoms with van der Waals surface area (Å²) in [5, 5.41) is 8.70. The van der Waals surface area contributed by atoms with Gasteiger partial charge in [-0.05, 0) is 17.7 Å². The average Bonchev–Trinajstić information content (AvgIpc) is 2.16. The van der Waals surface area contributed by atoms with Crippen molar-refractivity contribution in [1.82, 2.24) is 4.98 Å². The van der Waals surface area contributed by atoms with Crippen LogP contribution in [0.1, 0.15) is 15.9 Å². The van der Waals surface area contributed by atoms with Gasteiger partial charge in [-0.25, -0.2) is 9.78 Å². The number of carboxylic acid groups (broad SMARTS) is 1. The van der Waals surface area contributed by atoms with Crippen molar-refractivity contribution in [3.05, 3.63) is 29.5 Å². The maximum Gasteiger partial charge on any atom is 0.339 e. The Morgan fingerprint density at radius 2 is 2.29 bits per heavy atom. The number of rotatable bonds is 3. The number of carbonyl (C=O) groups is 2. The van der Waals surface area contributed by atoms with Crippen molar-refractivity contribution in [3.8, 4) is 0 Å². The van der Waals surface area contributed by atoms with Gasteiger partial charge in [0.2, 0.25) is 0 Å². The number of anilines is 1. The Morgan fingerprint density at radius 1 is 1.57 bits per heavy atom. The van der Waals surface area contributed by atoms with Crippen LogP contribution in [0.25, 0.3) is 6.08 Å². The van der Waals surface area contributed by atoms with E-state index in [4.69, 9.17) is 10.8 Å². The summed E-state index contributed by atoms with van der Waals surface area (Å²) in [6, 6.07) is 1.35. The first-order valence-corrected chi connectivity index (χ1v) is 3.76. The van der Waals surface area contributed by atoms with Crippen LogP contribution in [0, 0.1) is 0 Å². The molecule has 0 fully saturated rings. The van der Waals surface area contributed by atoms with E-state index in [1.807, 2.05) is 0 Å². The minimum Gasteiger partial charge on any atom is -0.478 e. The number of aromatic carboxylic acids is 1. The van der Waals surface area contributed by atoms with Gasteiger partial charge in [0.15, 0.2) is 0 Å². The zero-order valence-corrected chi connectivity index (χ0v) is 7.18. The first kappa shape index (κ1) is 9.91. The highest BCUT2D eigenvalue weighted by Crippen LogP contribution is 2.11. The third kappa shape index (κ3) is 2.16. The first-order valence-electron chi connectivity index (χ1n) is 3.76. The van der Waals surface area contributed by atoms with Crippen molar-refractivity contribution >= 4 is 24.1 Å². The fraction of sp³-hybridized carbons (Fsp3) is 0. The number of carbonyl (C=O) groups excluding carboxylic acids is 1. The molecular weight excluding hydrogens is 184 g/mol. The van der Waals surface area contributed by atoms with E-state index in [0.29, 0.717) is 11.8 Å². The molecule has 14 heavy (non-hydrogen) atoms. The molecule has 1 heterocycles. The van der Waals surface area contributed by atoms with Crippen LogP contribution in [-0.2, 0) is 4.79 Å². The lowest BCUT2D eigenvalue weighted by Crippen LogP contribution is -2.04. The van der Waals surface area contributed by atoms with Gasteiger partial charge in [-0.1, -0.05) is 6.08 Å². The molecule has 0 saturated carbocycles. The third-order valence-corrected chi connectivity index (χ3v) is 1.54. The molecule has 0 radical (unpaired) electrons. The molecule has 0 aliphatic heterocycles. The monoisotopic (exact) mass is 192 g/mol. The summed E-state index contributed by atoms with van der Waals surface area (Å²) in [4.78, 5) is 24.3. The smallest absolute Gasteiger partial charge is 0.339 e. The van der Waals surface area contributed by atoms with Gasteiger partial charge in [0.05, 0.1) is 0 Å². The van der Waals surface area contributed by atoms with Crippen molar-refractivity contribution in [3.63, 3.8) is 0 Å². The summed E-state index contributed by atoms with van der Waals surface area (Å²) >= 11 is 0. The maximum absolute atomic E-state index is 10.6. The number of aromatic nitrogens is 1. The van der Waals surface area contributed by atoms with Crippen LogP contribution < -0.4 is 5.73 Å². The molecule has 5 nitrogen and oxygen atoms in total. The van der Waals surface area contributed by atoms with Gasteiger partial charge in [0.25, 0.3) is 0 Å². The number of allylic oxidation sites excluding steroid dienone is 1. The van der Waals surface area contributed by atoms with Crippen LogP contribution >= 0.6 is 0 Å². The van der Waals surface area contributed by atoms with Gasteiger partial charge >= 0.3 is 5.97 Å². The zero-order valence-electron chi connectivity index (χ0n) is 7.18. The molecule has 0 aromatic carbocycles. The molecule has 0 saturated heterocycles. The molecule has 0 amide bonds. The van der Waals surface area contributed by atoms with Crippen molar-refractivity contribution in [1.29, 1.82) is 0 Å². The van der Waals surface area contributed by atoms with Crippen molar-refractivity contribution in [2.45, 2.75) is 0 Å². The van der Waals surface area contributed by atoms with E-state index in [1.165, 1.54) is 24.4 Å². The summed E-state index contributed by atoms with van der Waals surface area (Å²) in [5.74, 6) is -1.18. The average molecular weight is 192 g/mol. The van der Waals surface area contributed by atoms with Gasteiger partial charge in [-0.15, -0.1) is 0 Å². The van der Waals surface area contributed by atoms with Crippen LogP contribution in [-0.4, -0.2) is 22.3 Å². The quantitative estimate of drug-likeness (QED) is 0.539. The van der Waals surface area contributed by atoms with Gasteiger partial charge < -0.3 is 10.8 Å². The number of pyridine rings is 1. The van der Waals surface area contributed by atoms with Gasteiger partial charge in [-0.3, -0.25) is 4.79 Å². The van der Waals surface area contributed by atoms with Crippen molar-refractivity contribution in [2.75, 3.05) is 5.73 Å². The van der Waals surface area contributed by atoms with Gasteiger partial charge in [-0.2, -0.15) is 0 Å². The van der Waals surface area contributed by atoms with E-state index in [2.05, 4.69) is 4.98 Å². The summed E-state index contributed by atoms with van der Waals surface area (Å²) in [6.07, 6.45) is 4.68. The lowest BCUT2D eigenvalue weighted by Gasteiger charge is -1.99. The predicted octanol–water partition coefficient (Wildman–Crippen LogP) is 0.574. The number of hydrogen-bond acceptors (Lipinski definition) is 4. The molecule has 0 spiro atoms. The van der Waals surface area contributed by atoms with Crippen LogP contribution in [0.15, 0.2) is 18.3 Å². The number of nitrogen functional groups attached to an aromatic ring is 1. The molecule has 0 bridgehead atoms. The number of nitrogens with two attached hydrogens (primary N) is 1. The van der Waals surface area contributed by atoms with E-state index in [0.717, 1.165) is 0 Å².